The molecule has 0 aliphatic rings. The van der Waals surface area contributed by atoms with E-state index in [1.807, 2.05) is 19.9 Å². The van der Waals surface area contributed by atoms with Crippen LogP contribution in [0.3, 0.4) is 0 Å². The summed E-state index contributed by atoms with van der Waals surface area (Å²) in [7, 11) is -3.50. The molecule has 6 heteroatoms. The van der Waals surface area contributed by atoms with Crippen LogP contribution in [0, 0.1) is 6.92 Å². The minimum absolute atomic E-state index is 0.256. The number of thiocarbonyl (C=S) groups is 1. The summed E-state index contributed by atoms with van der Waals surface area (Å²) in [6.07, 6.45) is 1.01. The van der Waals surface area contributed by atoms with Crippen molar-refractivity contribution in [1.29, 1.82) is 0 Å². The van der Waals surface area contributed by atoms with E-state index in [-0.39, 0.29) is 10.9 Å². The van der Waals surface area contributed by atoms with Crippen LogP contribution in [0.2, 0.25) is 0 Å². The molecule has 100 valence electrons. The van der Waals surface area contributed by atoms with Crippen LogP contribution in [-0.2, 0) is 10.0 Å². The van der Waals surface area contributed by atoms with Gasteiger partial charge in [-0.2, -0.15) is 0 Å². The zero-order valence-electron chi connectivity index (χ0n) is 10.5. The highest BCUT2D eigenvalue weighted by molar-refractivity contribution is 7.89. The highest BCUT2D eigenvalue weighted by Gasteiger charge is 2.19. The van der Waals surface area contributed by atoms with Gasteiger partial charge in [-0.15, -0.1) is 0 Å². The average Bonchev–Trinajstić information content (AvgIpc) is 2.27. The number of hydrogen-bond acceptors (Lipinski definition) is 3. The fraction of sp³-hybridized carbons (Fsp3) is 0.417. The Kier molecular flexibility index (Phi) is 5.25. The molecule has 1 unspecified atom stereocenters. The molecule has 1 aromatic rings. The first-order valence-corrected chi connectivity index (χ1v) is 7.61. The Morgan fingerprint density at radius 2 is 2.17 bits per heavy atom. The summed E-state index contributed by atoms with van der Waals surface area (Å²) in [6, 6.07) is 6.52. The van der Waals surface area contributed by atoms with Crippen molar-refractivity contribution in [2.75, 3.05) is 0 Å². The molecule has 0 fully saturated rings. The summed E-state index contributed by atoms with van der Waals surface area (Å²) >= 11 is 4.81. The monoisotopic (exact) mass is 286 g/mol. The highest BCUT2D eigenvalue weighted by Crippen LogP contribution is 2.12. The summed E-state index contributed by atoms with van der Waals surface area (Å²) < 4.78 is 26.9. The third-order valence-corrected chi connectivity index (χ3v) is 4.25. The van der Waals surface area contributed by atoms with E-state index in [9.17, 15) is 8.42 Å². The van der Waals surface area contributed by atoms with Crippen molar-refractivity contribution in [3.8, 4) is 0 Å². The molecule has 0 bridgehead atoms. The molecule has 0 aromatic heterocycles. The van der Waals surface area contributed by atoms with Crippen molar-refractivity contribution in [3.05, 3.63) is 29.8 Å². The molecule has 1 rings (SSSR count). The van der Waals surface area contributed by atoms with E-state index < -0.39 is 10.0 Å². The Hall–Kier alpha value is -0.980. The SMILES string of the molecule is CCC(CC(N)=S)NS(=O)(=O)c1cccc(C)c1. The molecule has 0 heterocycles. The van der Waals surface area contributed by atoms with E-state index in [0.717, 1.165) is 5.56 Å². The van der Waals surface area contributed by atoms with Crippen molar-refractivity contribution in [3.63, 3.8) is 0 Å². The predicted molar refractivity (Wildman–Crippen MR) is 77.0 cm³/mol. The summed E-state index contributed by atoms with van der Waals surface area (Å²) in [5.74, 6) is 0. The molecule has 0 spiro atoms. The van der Waals surface area contributed by atoms with Crippen molar-refractivity contribution in [2.24, 2.45) is 5.73 Å². The number of hydrogen-bond donors (Lipinski definition) is 2. The second-order valence-corrected chi connectivity index (χ2v) is 6.45. The topological polar surface area (TPSA) is 72.2 Å². The van der Waals surface area contributed by atoms with Crippen molar-refractivity contribution in [1.82, 2.24) is 4.72 Å². The lowest BCUT2D eigenvalue weighted by Gasteiger charge is -2.16. The van der Waals surface area contributed by atoms with E-state index in [1.54, 1.807) is 18.2 Å². The number of nitrogens with one attached hydrogen (secondary N) is 1. The van der Waals surface area contributed by atoms with Gasteiger partial charge in [-0.25, -0.2) is 13.1 Å². The van der Waals surface area contributed by atoms with E-state index in [0.29, 0.717) is 17.8 Å². The number of aryl methyl sites for hydroxylation is 1. The number of sulfonamides is 1. The van der Waals surface area contributed by atoms with Crippen LogP contribution >= 0.6 is 12.2 Å². The highest BCUT2D eigenvalue weighted by atomic mass is 32.2. The molecule has 18 heavy (non-hydrogen) atoms. The van der Waals surface area contributed by atoms with Crippen LogP contribution in [0.15, 0.2) is 29.2 Å². The van der Waals surface area contributed by atoms with Gasteiger partial charge >= 0.3 is 0 Å². The zero-order valence-corrected chi connectivity index (χ0v) is 12.1. The van der Waals surface area contributed by atoms with Gasteiger partial charge in [-0.3, -0.25) is 0 Å². The van der Waals surface area contributed by atoms with Crippen LogP contribution in [0.25, 0.3) is 0 Å². The van der Waals surface area contributed by atoms with Crippen LogP contribution in [0.4, 0.5) is 0 Å². The summed E-state index contributed by atoms with van der Waals surface area (Å²) in [5, 5.41) is 0. The largest absolute Gasteiger partial charge is 0.393 e. The number of nitrogens with two attached hydrogens (primary N) is 1. The lowest BCUT2D eigenvalue weighted by atomic mass is 10.2. The molecule has 1 aromatic carbocycles. The summed E-state index contributed by atoms with van der Waals surface area (Å²) in [6.45, 7) is 3.74. The maximum absolute atomic E-state index is 12.1. The second-order valence-electron chi connectivity index (χ2n) is 4.21. The summed E-state index contributed by atoms with van der Waals surface area (Å²) in [4.78, 5) is 0.581. The maximum Gasteiger partial charge on any atom is 0.240 e. The fourth-order valence-corrected chi connectivity index (χ4v) is 3.21. The van der Waals surface area contributed by atoms with Gasteiger partial charge in [-0.1, -0.05) is 31.3 Å². The minimum Gasteiger partial charge on any atom is -0.393 e. The van der Waals surface area contributed by atoms with Gasteiger partial charge in [0, 0.05) is 12.5 Å². The lowest BCUT2D eigenvalue weighted by molar-refractivity contribution is 0.546. The van der Waals surface area contributed by atoms with E-state index >= 15 is 0 Å². The minimum atomic E-state index is -3.50. The molecule has 0 amide bonds. The van der Waals surface area contributed by atoms with Gasteiger partial charge in [0.1, 0.15) is 0 Å². The number of benzene rings is 1. The van der Waals surface area contributed by atoms with E-state index in [1.165, 1.54) is 0 Å². The third-order valence-electron chi connectivity index (χ3n) is 2.56. The molecule has 3 N–H and O–H groups in total. The van der Waals surface area contributed by atoms with Gasteiger partial charge in [-0.05, 0) is 31.0 Å². The Labute approximate surface area is 114 Å². The fourth-order valence-electron chi connectivity index (χ4n) is 1.58. The maximum atomic E-state index is 12.1. The van der Waals surface area contributed by atoms with Crippen molar-refractivity contribution >= 4 is 27.2 Å². The van der Waals surface area contributed by atoms with Crippen molar-refractivity contribution < 1.29 is 8.42 Å². The Morgan fingerprint density at radius 3 is 2.67 bits per heavy atom. The zero-order chi connectivity index (χ0) is 13.8. The normalized spacial score (nSPS) is 13.2. The molecular formula is C12H18N2O2S2. The first kappa shape index (κ1) is 15.1. The Balaban J connectivity index is 2.90. The Morgan fingerprint density at radius 1 is 1.50 bits per heavy atom. The third kappa shape index (κ3) is 4.36. The first-order valence-electron chi connectivity index (χ1n) is 5.72. The van der Waals surface area contributed by atoms with Crippen molar-refractivity contribution in [2.45, 2.75) is 37.6 Å². The second kappa shape index (κ2) is 6.26. The van der Waals surface area contributed by atoms with Gasteiger partial charge in [0.25, 0.3) is 0 Å². The molecule has 0 saturated heterocycles. The van der Waals surface area contributed by atoms with Gasteiger partial charge in [0.2, 0.25) is 10.0 Å². The van der Waals surface area contributed by atoms with Crippen LogP contribution in [-0.4, -0.2) is 19.4 Å². The average molecular weight is 286 g/mol. The van der Waals surface area contributed by atoms with Gasteiger partial charge in [0.15, 0.2) is 0 Å². The lowest BCUT2D eigenvalue weighted by Crippen LogP contribution is -2.37. The molecule has 0 saturated carbocycles. The van der Waals surface area contributed by atoms with Crippen LogP contribution in [0.1, 0.15) is 25.3 Å². The molecule has 0 aliphatic heterocycles. The van der Waals surface area contributed by atoms with Gasteiger partial charge < -0.3 is 5.73 Å². The first-order chi connectivity index (χ1) is 8.35. The van der Waals surface area contributed by atoms with E-state index in [2.05, 4.69) is 4.72 Å². The quantitative estimate of drug-likeness (QED) is 0.781. The molecule has 1 atom stereocenters. The summed E-state index contributed by atoms with van der Waals surface area (Å²) in [5.41, 5.74) is 6.35. The van der Waals surface area contributed by atoms with Crippen LogP contribution < -0.4 is 10.5 Å². The van der Waals surface area contributed by atoms with E-state index in [4.69, 9.17) is 18.0 Å². The Bertz CT molecular complexity index is 527. The number of rotatable bonds is 6. The molecule has 0 aliphatic carbocycles. The molecular weight excluding hydrogens is 268 g/mol. The molecule has 0 radical (unpaired) electrons. The van der Waals surface area contributed by atoms with Crippen LogP contribution in [0.5, 0.6) is 0 Å². The smallest absolute Gasteiger partial charge is 0.240 e. The standard InChI is InChI=1S/C12H18N2O2S2/c1-3-10(8-12(13)17)14-18(15,16)11-6-4-5-9(2)7-11/h4-7,10,14H,3,8H2,1-2H3,(H2,13,17). The predicted octanol–water partition coefficient (Wildman–Crippen LogP) is 1.73. The molecule has 4 nitrogen and oxygen atoms in total. The van der Waals surface area contributed by atoms with Gasteiger partial charge in [0.05, 0.1) is 9.88 Å².